The van der Waals surface area contributed by atoms with Crippen LogP contribution in [0.5, 0.6) is 5.95 Å². The molecule has 4 heteroatoms. The van der Waals surface area contributed by atoms with E-state index in [1.54, 1.807) is 0 Å². The van der Waals surface area contributed by atoms with Crippen LogP contribution in [0.1, 0.15) is 24.6 Å². The third-order valence-electron chi connectivity index (χ3n) is 2.11. The molecule has 0 bridgehead atoms. The van der Waals surface area contributed by atoms with Crippen molar-refractivity contribution in [3.05, 3.63) is 11.3 Å². The van der Waals surface area contributed by atoms with Gasteiger partial charge in [-0.05, 0) is 6.42 Å². The van der Waals surface area contributed by atoms with Crippen LogP contribution in [0.2, 0.25) is 0 Å². The predicted molar refractivity (Wildman–Crippen MR) is 47.7 cm³/mol. The summed E-state index contributed by atoms with van der Waals surface area (Å²) in [7, 11) is 0. The van der Waals surface area contributed by atoms with Crippen LogP contribution in [0.15, 0.2) is 4.52 Å². The molecule has 0 aliphatic carbocycles. The average Bonchev–Trinajstić information content (AvgIpc) is 2.58. The van der Waals surface area contributed by atoms with Crippen LogP contribution in [0.3, 0.4) is 0 Å². The van der Waals surface area contributed by atoms with Gasteiger partial charge in [-0.15, -0.1) is 0 Å². The van der Waals surface area contributed by atoms with Crippen molar-refractivity contribution in [2.45, 2.75) is 26.3 Å². The maximum absolute atomic E-state index is 5.42. The molecule has 4 nitrogen and oxygen atoms in total. The molecule has 1 N–H and O–H groups in total. The lowest BCUT2D eigenvalue weighted by Gasteiger charge is -2.10. The van der Waals surface area contributed by atoms with E-state index in [1.165, 1.54) is 0 Å². The third kappa shape index (κ3) is 1.67. The normalized spacial score (nSPS) is 15.5. The van der Waals surface area contributed by atoms with E-state index in [1.807, 2.05) is 0 Å². The lowest BCUT2D eigenvalue weighted by Crippen LogP contribution is -2.23. The highest BCUT2D eigenvalue weighted by molar-refractivity contribution is 5.29. The van der Waals surface area contributed by atoms with Gasteiger partial charge in [0, 0.05) is 19.5 Å². The van der Waals surface area contributed by atoms with Crippen LogP contribution >= 0.6 is 0 Å². The van der Waals surface area contributed by atoms with Crippen LogP contribution in [-0.4, -0.2) is 18.3 Å². The Morgan fingerprint density at radius 1 is 1.62 bits per heavy atom. The van der Waals surface area contributed by atoms with E-state index in [9.17, 15) is 0 Å². The van der Waals surface area contributed by atoms with E-state index in [0.29, 0.717) is 12.6 Å². The van der Waals surface area contributed by atoms with Crippen molar-refractivity contribution >= 4 is 0 Å². The van der Waals surface area contributed by atoms with Gasteiger partial charge in [0.2, 0.25) is 0 Å². The van der Waals surface area contributed by atoms with E-state index >= 15 is 0 Å². The number of hydrogen-bond donors (Lipinski definition) is 1. The molecule has 0 atom stereocenters. The molecule has 2 heterocycles. The Balaban J connectivity index is 2.12. The van der Waals surface area contributed by atoms with Gasteiger partial charge in [-0.3, -0.25) is 0 Å². The van der Waals surface area contributed by atoms with Crippen LogP contribution in [0.25, 0.3) is 0 Å². The summed E-state index contributed by atoms with van der Waals surface area (Å²) in [5, 5.41) is 7.23. The molecule has 0 fully saturated rings. The first kappa shape index (κ1) is 8.56. The van der Waals surface area contributed by atoms with E-state index < -0.39 is 0 Å². The maximum atomic E-state index is 5.42. The molecule has 1 aliphatic heterocycles. The lowest BCUT2D eigenvalue weighted by molar-refractivity contribution is 0.211. The number of rotatable bonds is 3. The molecule has 0 radical (unpaired) electrons. The zero-order valence-corrected chi connectivity index (χ0v) is 7.80. The maximum Gasteiger partial charge on any atom is 0.315 e. The fraction of sp³-hybridized carbons (Fsp3) is 0.667. The molecular formula is C9H14N2O2. The molecule has 0 saturated carbocycles. The first-order valence-electron chi connectivity index (χ1n) is 4.72. The molecule has 0 amide bonds. The minimum atomic E-state index is 0.601. The summed E-state index contributed by atoms with van der Waals surface area (Å²) in [4.78, 5) is 0. The zero-order valence-electron chi connectivity index (χ0n) is 7.80. The summed E-state index contributed by atoms with van der Waals surface area (Å²) in [5.41, 5.74) is 2.14. The molecule has 0 saturated heterocycles. The topological polar surface area (TPSA) is 47.3 Å². The predicted octanol–water partition coefficient (Wildman–Crippen LogP) is 1.11. The van der Waals surface area contributed by atoms with E-state index in [4.69, 9.17) is 9.26 Å². The Morgan fingerprint density at radius 3 is 3.38 bits per heavy atom. The lowest BCUT2D eigenvalue weighted by atomic mass is 10.1. The highest BCUT2D eigenvalue weighted by Crippen LogP contribution is 2.24. The van der Waals surface area contributed by atoms with Crippen molar-refractivity contribution in [2.75, 3.05) is 13.2 Å². The molecule has 2 rings (SSSR count). The van der Waals surface area contributed by atoms with Crippen molar-refractivity contribution in [1.82, 2.24) is 10.5 Å². The van der Waals surface area contributed by atoms with Gasteiger partial charge in [0.1, 0.15) is 0 Å². The van der Waals surface area contributed by atoms with E-state index in [2.05, 4.69) is 17.4 Å². The Morgan fingerprint density at radius 2 is 2.54 bits per heavy atom. The Hall–Kier alpha value is -1.03. The van der Waals surface area contributed by atoms with Crippen molar-refractivity contribution < 1.29 is 9.26 Å². The van der Waals surface area contributed by atoms with Gasteiger partial charge in [-0.2, -0.15) is 0 Å². The Kier molecular flexibility index (Phi) is 2.49. The third-order valence-corrected chi connectivity index (χ3v) is 2.11. The summed E-state index contributed by atoms with van der Waals surface area (Å²) in [6.07, 6.45) is 1.93. The minimum absolute atomic E-state index is 0.601. The molecule has 0 unspecified atom stereocenters. The molecule has 1 aromatic heterocycles. The summed E-state index contributed by atoms with van der Waals surface area (Å²) < 4.78 is 10.5. The minimum Gasteiger partial charge on any atom is -0.464 e. The first-order valence-corrected chi connectivity index (χ1v) is 4.72. The average molecular weight is 182 g/mol. The van der Waals surface area contributed by atoms with Crippen LogP contribution < -0.4 is 10.1 Å². The molecule has 1 aromatic rings. The first-order chi connectivity index (χ1) is 6.42. The SMILES string of the molecule is CCCOc1onc2c1CNCC2. The van der Waals surface area contributed by atoms with Gasteiger partial charge >= 0.3 is 5.95 Å². The second-order valence-electron chi connectivity index (χ2n) is 3.17. The largest absolute Gasteiger partial charge is 0.464 e. The summed E-state index contributed by atoms with van der Waals surface area (Å²) >= 11 is 0. The van der Waals surface area contributed by atoms with Gasteiger partial charge < -0.3 is 14.6 Å². The van der Waals surface area contributed by atoms with E-state index in [0.717, 1.165) is 37.2 Å². The summed E-state index contributed by atoms with van der Waals surface area (Å²) in [6.45, 7) is 4.56. The summed E-state index contributed by atoms with van der Waals surface area (Å²) in [5.74, 6) is 0.601. The fourth-order valence-electron chi connectivity index (χ4n) is 1.42. The van der Waals surface area contributed by atoms with Gasteiger partial charge in [-0.25, -0.2) is 0 Å². The van der Waals surface area contributed by atoms with Crippen LogP contribution in [0.4, 0.5) is 0 Å². The van der Waals surface area contributed by atoms with Gasteiger partial charge in [0.25, 0.3) is 0 Å². The summed E-state index contributed by atoms with van der Waals surface area (Å²) in [6, 6.07) is 0. The number of ether oxygens (including phenoxy) is 1. The van der Waals surface area contributed by atoms with Crippen LogP contribution in [0, 0.1) is 0 Å². The van der Waals surface area contributed by atoms with Gasteiger partial charge in [0.05, 0.1) is 17.9 Å². The molecule has 13 heavy (non-hydrogen) atoms. The molecular weight excluding hydrogens is 168 g/mol. The number of hydrogen-bond acceptors (Lipinski definition) is 4. The zero-order chi connectivity index (χ0) is 9.10. The number of aromatic nitrogens is 1. The second-order valence-corrected chi connectivity index (χ2v) is 3.17. The monoisotopic (exact) mass is 182 g/mol. The highest BCUT2D eigenvalue weighted by Gasteiger charge is 2.19. The van der Waals surface area contributed by atoms with Gasteiger partial charge in [-0.1, -0.05) is 12.1 Å². The van der Waals surface area contributed by atoms with Gasteiger partial charge in [0.15, 0.2) is 0 Å². The Bertz CT molecular complexity index is 283. The van der Waals surface area contributed by atoms with Crippen molar-refractivity contribution in [3.63, 3.8) is 0 Å². The standard InChI is InChI=1S/C9H14N2O2/c1-2-5-12-9-7-6-10-4-3-8(7)11-13-9/h10H,2-6H2,1H3. The number of nitrogens with zero attached hydrogens (tertiary/aromatic N) is 1. The molecule has 1 aliphatic rings. The molecule has 0 aromatic carbocycles. The molecule has 0 spiro atoms. The Labute approximate surface area is 77.2 Å². The van der Waals surface area contributed by atoms with Crippen molar-refractivity contribution in [1.29, 1.82) is 0 Å². The quantitative estimate of drug-likeness (QED) is 0.760. The number of nitrogens with one attached hydrogen (secondary N) is 1. The van der Waals surface area contributed by atoms with E-state index in [-0.39, 0.29) is 0 Å². The number of fused-ring (bicyclic) bond motifs is 1. The van der Waals surface area contributed by atoms with Crippen molar-refractivity contribution in [2.24, 2.45) is 0 Å². The smallest absolute Gasteiger partial charge is 0.315 e. The van der Waals surface area contributed by atoms with Crippen LogP contribution in [-0.2, 0) is 13.0 Å². The second kappa shape index (κ2) is 3.79. The fourth-order valence-corrected chi connectivity index (χ4v) is 1.42. The van der Waals surface area contributed by atoms with Crippen molar-refractivity contribution in [3.8, 4) is 5.95 Å². The highest BCUT2D eigenvalue weighted by atomic mass is 16.6. The molecule has 72 valence electrons.